The first kappa shape index (κ1) is 11.4. The maximum absolute atomic E-state index is 13.5. The second-order valence-electron chi connectivity index (χ2n) is 3.30. The summed E-state index contributed by atoms with van der Waals surface area (Å²) in [5.74, 6) is -0.351. The van der Waals surface area contributed by atoms with E-state index in [9.17, 15) is 4.39 Å². The Labute approximate surface area is 87.5 Å². The van der Waals surface area contributed by atoms with E-state index < -0.39 is 6.04 Å². The molecule has 0 heterocycles. The zero-order valence-corrected chi connectivity index (χ0v) is 8.90. The number of aliphatic hydroxyl groups excluding tert-OH is 1. The molecule has 4 heteroatoms. The molecule has 0 spiro atoms. The fourth-order valence-corrected chi connectivity index (χ4v) is 1.55. The smallest absolute Gasteiger partial charge is 0.130 e. The van der Waals surface area contributed by atoms with Gasteiger partial charge in [0.1, 0.15) is 5.82 Å². The fraction of sp³-hybridized carbons (Fsp3) is 0.400. The summed E-state index contributed by atoms with van der Waals surface area (Å²) in [5, 5.41) is 9.21. The van der Waals surface area contributed by atoms with Crippen molar-refractivity contribution in [1.82, 2.24) is 0 Å². The number of rotatable bonds is 2. The molecule has 0 radical (unpaired) electrons. The van der Waals surface area contributed by atoms with Crippen molar-refractivity contribution in [2.24, 2.45) is 5.73 Å². The highest BCUT2D eigenvalue weighted by Gasteiger charge is 2.15. The van der Waals surface area contributed by atoms with Gasteiger partial charge in [-0.15, -0.1) is 0 Å². The third kappa shape index (κ3) is 1.90. The third-order valence-corrected chi connectivity index (χ3v) is 2.72. The minimum atomic E-state index is -0.581. The average molecular weight is 218 g/mol. The lowest BCUT2D eigenvalue weighted by molar-refractivity contribution is 0.267. The van der Waals surface area contributed by atoms with Gasteiger partial charge >= 0.3 is 0 Å². The lowest BCUT2D eigenvalue weighted by Gasteiger charge is -2.14. The molecular weight excluding hydrogens is 205 g/mol. The molecule has 0 aliphatic rings. The van der Waals surface area contributed by atoms with Crippen LogP contribution in [0.2, 0.25) is 5.02 Å². The van der Waals surface area contributed by atoms with Crippen LogP contribution in [0.4, 0.5) is 4.39 Å². The summed E-state index contributed by atoms with van der Waals surface area (Å²) in [6.45, 7) is 3.02. The van der Waals surface area contributed by atoms with Crippen molar-refractivity contribution >= 4 is 11.6 Å². The molecule has 1 rings (SSSR count). The van der Waals surface area contributed by atoms with Crippen LogP contribution in [0.25, 0.3) is 0 Å². The summed E-state index contributed by atoms with van der Waals surface area (Å²) in [7, 11) is 0. The number of nitrogens with two attached hydrogens (primary N) is 1. The minimum Gasteiger partial charge on any atom is -0.394 e. The van der Waals surface area contributed by atoms with Crippen molar-refractivity contribution in [1.29, 1.82) is 0 Å². The van der Waals surface area contributed by atoms with E-state index in [0.717, 1.165) is 0 Å². The molecule has 1 aromatic carbocycles. The van der Waals surface area contributed by atoms with Gasteiger partial charge in [-0.1, -0.05) is 11.6 Å². The van der Waals surface area contributed by atoms with Crippen molar-refractivity contribution in [2.75, 3.05) is 6.61 Å². The average Bonchev–Trinajstić information content (AvgIpc) is 2.19. The SMILES string of the molecule is Cc1c(Cl)cc(C(N)CO)c(C)c1F. The van der Waals surface area contributed by atoms with E-state index in [0.29, 0.717) is 21.7 Å². The molecule has 1 aromatic rings. The van der Waals surface area contributed by atoms with E-state index in [2.05, 4.69) is 0 Å². The first-order valence-electron chi connectivity index (χ1n) is 4.30. The van der Waals surface area contributed by atoms with Crippen LogP contribution in [0.5, 0.6) is 0 Å². The predicted octanol–water partition coefficient (Wildman–Crippen LogP) is 2.09. The van der Waals surface area contributed by atoms with Gasteiger partial charge in [0.15, 0.2) is 0 Å². The van der Waals surface area contributed by atoms with E-state index in [1.807, 2.05) is 0 Å². The van der Waals surface area contributed by atoms with Crippen LogP contribution in [0.3, 0.4) is 0 Å². The molecule has 0 bridgehead atoms. The van der Waals surface area contributed by atoms with Gasteiger partial charge in [0.25, 0.3) is 0 Å². The summed E-state index contributed by atoms with van der Waals surface area (Å²) in [6, 6.07) is 1.03. The van der Waals surface area contributed by atoms with Crippen molar-refractivity contribution in [3.63, 3.8) is 0 Å². The van der Waals surface area contributed by atoms with Crippen molar-refractivity contribution in [3.8, 4) is 0 Å². The first-order chi connectivity index (χ1) is 6.49. The minimum absolute atomic E-state index is 0.223. The monoisotopic (exact) mass is 217 g/mol. The van der Waals surface area contributed by atoms with Crippen LogP contribution in [0.1, 0.15) is 22.7 Å². The van der Waals surface area contributed by atoms with Gasteiger partial charge in [0.2, 0.25) is 0 Å². The number of aliphatic hydroxyl groups is 1. The Balaban J connectivity index is 3.33. The molecule has 0 amide bonds. The van der Waals surface area contributed by atoms with Crippen LogP contribution in [-0.4, -0.2) is 11.7 Å². The molecule has 0 saturated heterocycles. The van der Waals surface area contributed by atoms with Crippen LogP contribution in [-0.2, 0) is 0 Å². The molecule has 3 N–H and O–H groups in total. The van der Waals surface area contributed by atoms with Gasteiger partial charge in [-0.3, -0.25) is 0 Å². The topological polar surface area (TPSA) is 46.2 Å². The van der Waals surface area contributed by atoms with Gasteiger partial charge < -0.3 is 10.8 Å². The summed E-state index contributed by atoms with van der Waals surface area (Å²) in [6.07, 6.45) is 0. The third-order valence-electron chi connectivity index (χ3n) is 2.33. The first-order valence-corrected chi connectivity index (χ1v) is 4.68. The lowest BCUT2D eigenvalue weighted by Crippen LogP contribution is -2.16. The summed E-state index contributed by atoms with van der Waals surface area (Å²) in [4.78, 5) is 0. The molecule has 78 valence electrons. The van der Waals surface area contributed by atoms with E-state index in [1.165, 1.54) is 0 Å². The molecular formula is C10H13ClFNO. The second-order valence-corrected chi connectivity index (χ2v) is 3.71. The van der Waals surface area contributed by atoms with Crippen molar-refractivity contribution < 1.29 is 9.50 Å². The number of halogens is 2. The zero-order chi connectivity index (χ0) is 10.9. The maximum Gasteiger partial charge on any atom is 0.130 e. The zero-order valence-electron chi connectivity index (χ0n) is 8.14. The summed E-state index contributed by atoms with van der Waals surface area (Å²) >= 11 is 5.81. The van der Waals surface area contributed by atoms with Crippen LogP contribution >= 0.6 is 11.6 Å². The highest BCUT2D eigenvalue weighted by atomic mass is 35.5. The van der Waals surface area contributed by atoms with Gasteiger partial charge in [-0.2, -0.15) is 0 Å². The standard InChI is InChI=1S/C10H13ClFNO/c1-5-7(9(13)4-14)3-8(11)6(2)10(5)12/h3,9,14H,4,13H2,1-2H3. The van der Waals surface area contributed by atoms with E-state index in [4.69, 9.17) is 22.4 Å². The molecule has 0 fully saturated rings. The lowest BCUT2D eigenvalue weighted by atomic mass is 9.99. The number of benzene rings is 1. The quantitative estimate of drug-likeness (QED) is 0.797. The van der Waals surface area contributed by atoms with Gasteiger partial charge in [0.05, 0.1) is 12.6 Å². The predicted molar refractivity (Wildman–Crippen MR) is 54.9 cm³/mol. The van der Waals surface area contributed by atoms with Crippen LogP contribution in [0.15, 0.2) is 6.07 Å². The largest absolute Gasteiger partial charge is 0.394 e. The Morgan fingerprint density at radius 3 is 2.57 bits per heavy atom. The molecule has 0 aliphatic heterocycles. The molecule has 1 unspecified atom stereocenters. The highest BCUT2D eigenvalue weighted by Crippen LogP contribution is 2.27. The maximum atomic E-state index is 13.5. The molecule has 1 atom stereocenters. The Bertz CT molecular complexity index is 354. The van der Waals surface area contributed by atoms with Gasteiger partial charge in [0, 0.05) is 10.6 Å². The van der Waals surface area contributed by atoms with Crippen molar-refractivity contribution in [3.05, 3.63) is 33.6 Å². The molecule has 0 aliphatic carbocycles. The molecule has 2 nitrogen and oxygen atoms in total. The summed E-state index contributed by atoms with van der Waals surface area (Å²) < 4.78 is 13.5. The highest BCUT2D eigenvalue weighted by molar-refractivity contribution is 6.31. The van der Waals surface area contributed by atoms with E-state index in [-0.39, 0.29) is 12.4 Å². The Morgan fingerprint density at radius 1 is 1.50 bits per heavy atom. The molecule has 0 aromatic heterocycles. The second kappa shape index (κ2) is 4.26. The fourth-order valence-electron chi connectivity index (χ4n) is 1.35. The Morgan fingerprint density at radius 2 is 2.07 bits per heavy atom. The Kier molecular flexibility index (Phi) is 3.48. The number of hydrogen-bond donors (Lipinski definition) is 2. The summed E-state index contributed by atoms with van der Waals surface area (Å²) in [5.41, 5.74) is 7.03. The van der Waals surface area contributed by atoms with Crippen LogP contribution in [0, 0.1) is 19.7 Å². The normalized spacial score (nSPS) is 13.0. The number of hydrogen-bond acceptors (Lipinski definition) is 2. The van der Waals surface area contributed by atoms with E-state index >= 15 is 0 Å². The van der Waals surface area contributed by atoms with E-state index in [1.54, 1.807) is 19.9 Å². The van der Waals surface area contributed by atoms with Crippen LogP contribution < -0.4 is 5.73 Å². The Hall–Kier alpha value is -0.640. The van der Waals surface area contributed by atoms with Gasteiger partial charge in [-0.25, -0.2) is 4.39 Å². The molecule has 14 heavy (non-hydrogen) atoms. The van der Waals surface area contributed by atoms with Crippen molar-refractivity contribution in [2.45, 2.75) is 19.9 Å². The van der Waals surface area contributed by atoms with Gasteiger partial charge in [-0.05, 0) is 31.0 Å². The molecule has 0 saturated carbocycles.